The normalized spacial score (nSPS) is 22.3. The van der Waals surface area contributed by atoms with Gasteiger partial charge in [-0.05, 0) is 24.8 Å². The fraction of sp³-hybridized carbons (Fsp3) is 0.462. The number of hydrogen-bond acceptors (Lipinski definition) is 4. The molecule has 2 rings (SSSR count). The van der Waals surface area contributed by atoms with E-state index in [0.29, 0.717) is 25.9 Å². The second-order valence-corrected chi connectivity index (χ2v) is 4.81. The Morgan fingerprint density at radius 2 is 2.11 bits per heavy atom. The van der Waals surface area contributed by atoms with Gasteiger partial charge in [0.25, 0.3) is 5.69 Å². The van der Waals surface area contributed by atoms with Crippen LogP contribution in [0.2, 0.25) is 0 Å². The van der Waals surface area contributed by atoms with Gasteiger partial charge in [-0.1, -0.05) is 12.1 Å². The monoisotopic (exact) mass is 265 g/mol. The van der Waals surface area contributed by atoms with Gasteiger partial charge in [0.05, 0.1) is 16.9 Å². The molecular weight excluding hydrogens is 250 g/mol. The number of hydrogen-bond donors (Lipinski definition) is 1. The van der Waals surface area contributed by atoms with Crippen molar-refractivity contribution in [3.8, 4) is 0 Å². The topological polar surface area (TPSA) is 89.7 Å². The minimum Gasteiger partial charge on any atom is -0.481 e. The molecular formula is C13H15NO5. The van der Waals surface area contributed by atoms with Crippen LogP contribution in [0.25, 0.3) is 0 Å². The molecule has 19 heavy (non-hydrogen) atoms. The van der Waals surface area contributed by atoms with E-state index in [0.717, 1.165) is 5.56 Å². The average Bonchev–Trinajstić information content (AvgIpc) is 2.87. The van der Waals surface area contributed by atoms with E-state index in [1.807, 2.05) is 0 Å². The van der Waals surface area contributed by atoms with E-state index < -0.39 is 16.3 Å². The van der Waals surface area contributed by atoms with Crippen LogP contribution in [0.15, 0.2) is 24.3 Å². The molecule has 0 amide bonds. The van der Waals surface area contributed by atoms with Gasteiger partial charge in [-0.25, -0.2) is 0 Å². The predicted octanol–water partition coefficient (Wildman–Crippen LogP) is 2.02. The molecule has 102 valence electrons. The lowest BCUT2D eigenvalue weighted by atomic mass is 9.81. The molecule has 1 atom stereocenters. The molecule has 1 heterocycles. The molecule has 0 aliphatic carbocycles. The third-order valence-corrected chi connectivity index (χ3v) is 3.60. The molecule has 1 aliphatic rings. The van der Waals surface area contributed by atoms with Crippen LogP contribution < -0.4 is 0 Å². The zero-order chi connectivity index (χ0) is 13.9. The molecule has 6 heteroatoms. The van der Waals surface area contributed by atoms with E-state index >= 15 is 0 Å². The number of carboxylic acid groups (broad SMARTS) is 1. The molecule has 0 saturated carbocycles. The number of nitrogens with zero attached hydrogens (tertiary/aromatic N) is 1. The molecule has 6 nitrogen and oxygen atoms in total. The molecule has 0 bridgehead atoms. The first-order valence-electron chi connectivity index (χ1n) is 6.08. The van der Waals surface area contributed by atoms with Gasteiger partial charge in [-0.15, -0.1) is 0 Å². The first-order valence-corrected chi connectivity index (χ1v) is 6.08. The number of benzene rings is 1. The number of aryl methyl sites for hydroxylation is 1. The van der Waals surface area contributed by atoms with Crippen molar-refractivity contribution < 1.29 is 19.6 Å². The minimum atomic E-state index is -0.827. The third-order valence-electron chi connectivity index (χ3n) is 3.60. The highest BCUT2D eigenvalue weighted by Gasteiger charge is 2.41. The van der Waals surface area contributed by atoms with Gasteiger partial charge in [0.15, 0.2) is 0 Å². The summed E-state index contributed by atoms with van der Waals surface area (Å²) in [6.07, 6.45) is 1.59. The van der Waals surface area contributed by atoms with E-state index in [9.17, 15) is 20.0 Å². The predicted molar refractivity (Wildman–Crippen MR) is 66.9 cm³/mol. The van der Waals surface area contributed by atoms with Crippen molar-refractivity contribution in [3.05, 3.63) is 39.9 Å². The summed E-state index contributed by atoms with van der Waals surface area (Å²) in [4.78, 5) is 21.4. The Labute approximate surface area is 110 Å². The highest BCUT2D eigenvalue weighted by atomic mass is 16.6. The number of nitro groups is 1. The average molecular weight is 265 g/mol. The largest absolute Gasteiger partial charge is 0.481 e. The van der Waals surface area contributed by atoms with E-state index in [2.05, 4.69) is 0 Å². The van der Waals surface area contributed by atoms with Crippen LogP contribution in [0.3, 0.4) is 0 Å². The number of carboxylic acids is 1. The summed E-state index contributed by atoms with van der Waals surface area (Å²) in [5.74, 6) is -0.827. The molecule has 1 aromatic carbocycles. The fourth-order valence-electron chi connectivity index (χ4n) is 2.25. The van der Waals surface area contributed by atoms with Crippen molar-refractivity contribution in [1.29, 1.82) is 0 Å². The van der Waals surface area contributed by atoms with Crippen molar-refractivity contribution in [2.45, 2.75) is 19.3 Å². The van der Waals surface area contributed by atoms with Gasteiger partial charge in [-0.2, -0.15) is 0 Å². The maximum Gasteiger partial charge on any atom is 0.312 e. The summed E-state index contributed by atoms with van der Waals surface area (Å²) in [5, 5.41) is 19.8. The van der Waals surface area contributed by atoms with Gasteiger partial charge < -0.3 is 9.84 Å². The second-order valence-electron chi connectivity index (χ2n) is 4.81. The first-order chi connectivity index (χ1) is 9.03. The Kier molecular flexibility index (Phi) is 3.80. The smallest absolute Gasteiger partial charge is 0.312 e. The van der Waals surface area contributed by atoms with Crippen molar-refractivity contribution in [1.82, 2.24) is 0 Å². The van der Waals surface area contributed by atoms with Crippen molar-refractivity contribution in [2.24, 2.45) is 5.41 Å². The lowest BCUT2D eigenvalue weighted by Gasteiger charge is -2.21. The zero-order valence-corrected chi connectivity index (χ0v) is 10.4. The SMILES string of the molecule is O=C(O)C1(CCc2ccc([N+](=O)[O-])cc2)CCOC1. The van der Waals surface area contributed by atoms with Crippen LogP contribution in [-0.4, -0.2) is 29.2 Å². The Bertz CT molecular complexity index is 476. The molecule has 1 aliphatic heterocycles. The third kappa shape index (κ3) is 2.90. The number of nitro benzene ring substituents is 1. The second kappa shape index (κ2) is 5.36. The zero-order valence-electron chi connectivity index (χ0n) is 10.4. The number of rotatable bonds is 5. The quantitative estimate of drug-likeness (QED) is 0.649. The summed E-state index contributed by atoms with van der Waals surface area (Å²) < 4.78 is 5.19. The standard InChI is InChI=1S/C13H15NO5/c15-12(16)13(7-8-19-9-13)6-5-10-1-3-11(4-2-10)14(17)18/h1-4H,5-9H2,(H,15,16). The van der Waals surface area contributed by atoms with Crippen molar-refractivity contribution >= 4 is 11.7 Å². The lowest BCUT2D eigenvalue weighted by molar-refractivity contribution is -0.384. The first kappa shape index (κ1) is 13.5. The number of carbonyl (C=O) groups is 1. The molecule has 1 fully saturated rings. The van der Waals surface area contributed by atoms with E-state index in [-0.39, 0.29) is 12.3 Å². The summed E-state index contributed by atoms with van der Waals surface area (Å²) in [6.45, 7) is 0.724. The summed E-state index contributed by atoms with van der Waals surface area (Å²) >= 11 is 0. The highest BCUT2D eigenvalue weighted by molar-refractivity contribution is 5.75. The number of ether oxygens (including phenoxy) is 1. The summed E-state index contributed by atoms with van der Waals surface area (Å²) in [6, 6.07) is 6.22. The summed E-state index contributed by atoms with van der Waals surface area (Å²) in [7, 11) is 0. The van der Waals surface area contributed by atoms with E-state index in [4.69, 9.17) is 4.74 Å². The Morgan fingerprint density at radius 1 is 1.42 bits per heavy atom. The number of non-ortho nitro benzene ring substituents is 1. The van der Waals surface area contributed by atoms with E-state index in [1.165, 1.54) is 12.1 Å². The van der Waals surface area contributed by atoms with Crippen LogP contribution in [0, 0.1) is 15.5 Å². The maximum absolute atomic E-state index is 11.3. The van der Waals surface area contributed by atoms with E-state index in [1.54, 1.807) is 12.1 Å². The van der Waals surface area contributed by atoms with Gasteiger partial charge in [0.1, 0.15) is 0 Å². The van der Waals surface area contributed by atoms with Crippen LogP contribution >= 0.6 is 0 Å². The number of aliphatic carboxylic acids is 1. The Balaban J connectivity index is 2.01. The highest BCUT2D eigenvalue weighted by Crippen LogP contribution is 2.34. The van der Waals surface area contributed by atoms with Gasteiger partial charge in [-0.3, -0.25) is 14.9 Å². The van der Waals surface area contributed by atoms with Gasteiger partial charge in [0, 0.05) is 18.7 Å². The van der Waals surface area contributed by atoms with Gasteiger partial charge in [0.2, 0.25) is 0 Å². The van der Waals surface area contributed by atoms with Crippen LogP contribution in [0.4, 0.5) is 5.69 Å². The fourth-order valence-corrected chi connectivity index (χ4v) is 2.25. The maximum atomic E-state index is 11.3. The van der Waals surface area contributed by atoms with Crippen LogP contribution in [0.5, 0.6) is 0 Å². The molecule has 1 aromatic rings. The molecule has 1 saturated heterocycles. The van der Waals surface area contributed by atoms with Crippen LogP contribution in [-0.2, 0) is 16.0 Å². The lowest BCUT2D eigenvalue weighted by Crippen LogP contribution is -2.32. The van der Waals surface area contributed by atoms with Crippen LogP contribution in [0.1, 0.15) is 18.4 Å². The molecule has 0 aromatic heterocycles. The molecule has 1 N–H and O–H groups in total. The van der Waals surface area contributed by atoms with Crippen molar-refractivity contribution in [3.63, 3.8) is 0 Å². The Morgan fingerprint density at radius 3 is 2.58 bits per heavy atom. The van der Waals surface area contributed by atoms with Gasteiger partial charge >= 0.3 is 5.97 Å². The minimum absolute atomic E-state index is 0.0425. The molecule has 0 spiro atoms. The van der Waals surface area contributed by atoms with Crippen molar-refractivity contribution in [2.75, 3.05) is 13.2 Å². The Hall–Kier alpha value is -1.95. The molecule has 1 unspecified atom stereocenters. The molecule has 0 radical (unpaired) electrons. The summed E-state index contributed by atoms with van der Waals surface area (Å²) in [5.41, 5.74) is 0.140.